The van der Waals surface area contributed by atoms with E-state index in [1.54, 1.807) is 0 Å². The average molecular weight is 341 g/mol. The molecule has 0 spiro atoms. The predicted octanol–water partition coefficient (Wildman–Crippen LogP) is 6.46. The van der Waals surface area contributed by atoms with Gasteiger partial charge in [0.05, 0.1) is 0 Å². The second kappa shape index (κ2) is 6.64. The zero-order valence-corrected chi connectivity index (χ0v) is 14.9. The van der Waals surface area contributed by atoms with Crippen LogP contribution in [0.2, 0.25) is 0 Å². The molecule has 128 valence electrons. The number of rotatable bonds is 3. The van der Waals surface area contributed by atoms with Crippen LogP contribution in [0.4, 0.5) is 4.39 Å². The summed E-state index contributed by atoms with van der Waals surface area (Å²) in [5, 5.41) is 1.19. The first-order valence-electron chi connectivity index (χ1n) is 8.71. The van der Waals surface area contributed by atoms with Crippen LogP contribution in [0.3, 0.4) is 0 Å². The van der Waals surface area contributed by atoms with E-state index in [2.05, 4.69) is 61.0 Å². The van der Waals surface area contributed by atoms with E-state index >= 15 is 0 Å². The normalized spacial score (nSPS) is 11.5. The number of fused-ring (bicyclic) bond motifs is 1. The van der Waals surface area contributed by atoms with E-state index in [9.17, 15) is 4.39 Å². The van der Waals surface area contributed by atoms with E-state index in [1.807, 2.05) is 30.3 Å². The van der Waals surface area contributed by atoms with Gasteiger partial charge in [0.15, 0.2) is 0 Å². The van der Waals surface area contributed by atoms with Crippen LogP contribution < -0.4 is 0 Å². The first-order valence-corrected chi connectivity index (χ1v) is 8.71. The summed E-state index contributed by atoms with van der Waals surface area (Å²) >= 11 is 0. The maximum atomic E-state index is 13.4. The highest BCUT2D eigenvalue weighted by molar-refractivity contribution is 6.02. The number of hydrogen-bond acceptors (Lipinski definition) is 0. The van der Waals surface area contributed by atoms with Crippen molar-refractivity contribution in [3.8, 4) is 11.1 Å². The summed E-state index contributed by atoms with van der Waals surface area (Å²) in [6.07, 6.45) is 4.26. The monoisotopic (exact) mass is 341 g/mol. The molecule has 1 nitrogen and oxygen atoms in total. The molecule has 1 aromatic heterocycles. The molecule has 0 saturated heterocycles. The summed E-state index contributed by atoms with van der Waals surface area (Å²) in [6, 6.07) is 23.5. The summed E-state index contributed by atoms with van der Waals surface area (Å²) in [7, 11) is 2.08. The van der Waals surface area contributed by atoms with Gasteiger partial charge >= 0.3 is 0 Å². The summed E-state index contributed by atoms with van der Waals surface area (Å²) in [6.45, 7) is 2.10. The molecule has 0 unspecified atom stereocenters. The van der Waals surface area contributed by atoms with Gasteiger partial charge in [-0.05, 0) is 48.4 Å². The Morgan fingerprint density at radius 1 is 0.846 bits per heavy atom. The smallest absolute Gasteiger partial charge is 0.123 e. The highest BCUT2D eigenvalue weighted by Crippen LogP contribution is 2.36. The van der Waals surface area contributed by atoms with E-state index in [-0.39, 0.29) is 5.82 Å². The molecule has 0 fully saturated rings. The molecule has 0 atom stereocenters. The zero-order valence-electron chi connectivity index (χ0n) is 14.9. The van der Waals surface area contributed by atoms with Crippen molar-refractivity contribution in [2.45, 2.75) is 6.92 Å². The molecule has 0 saturated carbocycles. The largest absolute Gasteiger partial charge is 0.344 e. The van der Waals surface area contributed by atoms with Gasteiger partial charge in [0.25, 0.3) is 0 Å². The predicted molar refractivity (Wildman–Crippen MR) is 108 cm³/mol. The van der Waals surface area contributed by atoms with E-state index in [1.165, 1.54) is 28.6 Å². The van der Waals surface area contributed by atoms with Gasteiger partial charge in [-0.25, -0.2) is 4.39 Å². The fourth-order valence-corrected chi connectivity index (χ4v) is 3.43. The quantitative estimate of drug-likeness (QED) is 0.403. The second-order valence-corrected chi connectivity index (χ2v) is 6.59. The molecular formula is C24H20FN. The van der Waals surface area contributed by atoms with Crippen LogP contribution in [0.15, 0.2) is 72.8 Å². The Labute approximate surface area is 153 Å². The van der Waals surface area contributed by atoms with Crippen molar-refractivity contribution >= 4 is 23.1 Å². The van der Waals surface area contributed by atoms with E-state index in [4.69, 9.17) is 0 Å². The van der Waals surface area contributed by atoms with Gasteiger partial charge in [0.2, 0.25) is 0 Å². The van der Waals surface area contributed by atoms with Crippen LogP contribution in [0.5, 0.6) is 0 Å². The lowest BCUT2D eigenvalue weighted by Gasteiger charge is -2.05. The minimum atomic E-state index is -0.216. The number of aryl methyl sites for hydroxylation is 2. The van der Waals surface area contributed by atoms with Crippen molar-refractivity contribution in [1.29, 1.82) is 0 Å². The van der Waals surface area contributed by atoms with Crippen molar-refractivity contribution in [3.63, 3.8) is 0 Å². The molecule has 0 bridgehead atoms. The third-order valence-corrected chi connectivity index (χ3v) is 4.77. The van der Waals surface area contributed by atoms with E-state index in [0.29, 0.717) is 0 Å². The van der Waals surface area contributed by atoms with E-state index in [0.717, 1.165) is 22.4 Å². The number of hydrogen-bond donors (Lipinski definition) is 0. The van der Waals surface area contributed by atoms with Gasteiger partial charge in [-0.3, -0.25) is 0 Å². The van der Waals surface area contributed by atoms with Crippen molar-refractivity contribution in [3.05, 3.63) is 95.4 Å². The lowest BCUT2D eigenvalue weighted by Crippen LogP contribution is -1.91. The van der Waals surface area contributed by atoms with Gasteiger partial charge in [0.1, 0.15) is 5.82 Å². The molecule has 0 aliphatic rings. The maximum Gasteiger partial charge on any atom is 0.123 e. The van der Waals surface area contributed by atoms with Gasteiger partial charge in [-0.15, -0.1) is 0 Å². The molecule has 0 N–H and O–H groups in total. The maximum absolute atomic E-state index is 13.4. The Hall–Kier alpha value is -3.13. The summed E-state index contributed by atoms with van der Waals surface area (Å²) < 4.78 is 15.6. The highest BCUT2D eigenvalue weighted by atomic mass is 19.1. The Kier molecular flexibility index (Phi) is 4.18. The minimum Gasteiger partial charge on any atom is -0.344 e. The van der Waals surface area contributed by atoms with Crippen molar-refractivity contribution in [2.75, 3.05) is 0 Å². The first-order chi connectivity index (χ1) is 12.6. The topological polar surface area (TPSA) is 4.93 Å². The van der Waals surface area contributed by atoms with Gasteiger partial charge < -0.3 is 4.57 Å². The van der Waals surface area contributed by atoms with Gasteiger partial charge in [0, 0.05) is 29.2 Å². The summed E-state index contributed by atoms with van der Waals surface area (Å²) in [5.41, 5.74) is 6.81. The molecule has 4 rings (SSSR count). The third-order valence-electron chi connectivity index (χ3n) is 4.77. The van der Waals surface area contributed by atoms with Crippen molar-refractivity contribution in [1.82, 2.24) is 4.57 Å². The lowest BCUT2D eigenvalue weighted by molar-refractivity contribution is 0.628. The molecule has 0 aliphatic heterocycles. The van der Waals surface area contributed by atoms with Crippen LogP contribution in [0.1, 0.15) is 16.8 Å². The van der Waals surface area contributed by atoms with Crippen LogP contribution in [0.25, 0.3) is 34.2 Å². The minimum absolute atomic E-state index is 0.216. The SMILES string of the molecule is Cc1ccc2c(c1)c(-c1ccc(F)cc1)c(/C=C/c1ccccc1)n2C. The van der Waals surface area contributed by atoms with Crippen molar-refractivity contribution < 1.29 is 4.39 Å². The summed E-state index contributed by atoms with van der Waals surface area (Å²) in [5.74, 6) is -0.216. The third kappa shape index (κ3) is 2.95. The number of aromatic nitrogens is 1. The Bertz CT molecular complexity index is 1090. The molecule has 4 aromatic rings. The zero-order chi connectivity index (χ0) is 18.1. The average Bonchev–Trinajstić information content (AvgIpc) is 2.93. The van der Waals surface area contributed by atoms with Gasteiger partial charge in [-0.1, -0.05) is 60.2 Å². The molecule has 0 radical (unpaired) electrons. The van der Waals surface area contributed by atoms with Crippen LogP contribution in [-0.2, 0) is 7.05 Å². The Morgan fingerprint density at radius 3 is 2.31 bits per heavy atom. The molecule has 2 heteroatoms. The second-order valence-electron chi connectivity index (χ2n) is 6.59. The number of benzene rings is 3. The highest BCUT2D eigenvalue weighted by Gasteiger charge is 2.15. The Morgan fingerprint density at radius 2 is 1.58 bits per heavy atom. The molecule has 0 aliphatic carbocycles. The van der Waals surface area contributed by atoms with Gasteiger partial charge in [-0.2, -0.15) is 0 Å². The molecule has 26 heavy (non-hydrogen) atoms. The molecule has 0 amide bonds. The molecule has 1 heterocycles. The fraction of sp³-hybridized carbons (Fsp3) is 0.0833. The molecular weight excluding hydrogens is 321 g/mol. The van der Waals surface area contributed by atoms with Crippen LogP contribution >= 0.6 is 0 Å². The van der Waals surface area contributed by atoms with Crippen LogP contribution in [-0.4, -0.2) is 4.57 Å². The van der Waals surface area contributed by atoms with Crippen LogP contribution in [0, 0.1) is 12.7 Å². The van der Waals surface area contributed by atoms with E-state index < -0.39 is 0 Å². The number of halogens is 1. The summed E-state index contributed by atoms with van der Waals surface area (Å²) in [4.78, 5) is 0. The molecule has 3 aromatic carbocycles. The fourth-order valence-electron chi connectivity index (χ4n) is 3.43. The lowest BCUT2D eigenvalue weighted by atomic mass is 10.00. The van der Waals surface area contributed by atoms with Crippen molar-refractivity contribution in [2.24, 2.45) is 7.05 Å². The Balaban J connectivity index is 1.96. The first kappa shape index (κ1) is 16.3. The number of nitrogens with zero attached hydrogens (tertiary/aromatic N) is 1. The standard InChI is InChI=1S/C24H20FN/c1-17-8-14-22-21(16-17)24(19-10-12-20(25)13-11-19)23(26(22)2)15-9-18-6-4-3-5-7-18/h3-16H,1-2H3/b15-9+.